The van der Waals surface area contributed by atoms with Crippen molar-refractivity contribution in [1.29, 1.82) is 0 Å². The minimum absolute atomic E-state index is 0.0501. The molecule has 2 aromatic rings. The van der Waals surface area contributed by atoms with Crippen molar-refractivity contribution in [3.8, 4) is 17.2 Å². The molecule has 0 N–H and O–H groups in total. The fourth-order valence-corrected chi connectivity index (χ4v) is 3.44. The Bertz CT molecular complexity index is 603. The molecule has 0 aliphatic rings. The second kappa shape index (κ2) is 4.82. The van der Waals surface area contributed by atoms with Gasteiger partial charge in [0.2, 0.25) is 0 Å². The van der Waals surface area contributed by atoms with Gasteiger partial charge in [0.1, 0.15) is 0 Å². The number of benzene rings is 1. The van der Waals surface area contributed by atoms with Crippen LogP contribution in [0.15, 0.2) is 21.9 Å². The first-order chi connectivity index (χ1) is 8.22. The molecule has 0 atom stereocenters. The predicted molar refractivity (Wildman–Crippen MR) is 66.8 cm³/mol. The summed E-state index contributed by atoms with van der Waals surface area (Å²) in [6, 6.07) is 3.43. The van der Waals surface area contributed by atoms with E-state index in [4.69, 9.17) is 14.2 Å². The van der Waals surface area contributed by atoms with Gasteiger partial charge in [-0.2, -0.15) is 0 Å². The fraction of sp³-hybridized carbons (Fsp3) is 0.250. The Hall–Kier alpha value is -1.45. The Morgan fingerprint density at radius 1 is 1.06 bits per heavy atom. The van der Waals surface area contributed by atoms with Crippen molar-refractivity contribution in [1.82, 2.24) is 0 Å². The van der Waals surface area contributed by atoms with E-state index < -0.39 is 0 Å². The first kappa shape index (κ1) is 12.0. The Balaban J connectivity index is 2.95. The van der Waals surface area contributed by atoms with E-state index in [1.54, 1.807) is 13.2 Å². The van der Waals surface area contributed by atoms with Gasteiger partial charge in [0.15, 0.2) is 0 Å². The van der Waals surface area contributed by atoms with E-state index in [-0.39, 0.29) is 19.9 Å². The average Bonchev–Trinajstić information content (AvgIpc) is 2.36. The van der Waals surface area contributed by atoms with Crippen LogP contribution in [0.3, 0.4) is 0 Å². The second-order valence-corrected chi connectivity index (χ2v) is 5.29. The predicted octanol–water partition coefficient (Wildman–Crippen LogP) is 1.28. The molecular formula is C12H12O4Se. The van der Waals surface area contributed by atoms with Crippen molar-refractivity contribution in [2.45, 2.75) is 0 Å². The van der Waals surface area contributed by atoms with Gasteiger partial charge in [-0.15, -0.1) is 0 Å². The van der Waals surface area contributed by atoms with Crippen molar-refractivity contribution in [2.24, 2.45) is 0 Å². The normalized spacial score (nSPS) is 10.3. The molecule has 4 nitrogen and oxygen atoms in total. The third-order valence-electron chi connectivity index (χ3n) is 2.45. The van der Waals surface area contributed by atoms with Crippen LogP contribution in [0.1, 0.15) is 0 Å². The minimum atomic E-state index is -0.0501. The topological polar surface area (TPSA) is 44.8 Å². The summed E-state index contributed by atoms with van der Waals surface area (Å²) in [7, 11) is 4.62. The molecule has 1 aromatic carbocycles. The molecule has 0 radical (unpaired) electrons. The van der Waals surface area contributed by atoms with Crippen LogP contribution in [0.4, 0.5) is 0 Å². The molecule has 0 aliphatic carbocycles. The van der Waals surface area contributed by atoms with Crippen LogP contribution in [0.5, 0.6) is 17.2 Å². The summed E-state index contributed by atoms with van der Waals surface area (Å²) in [4.78, 5) is 13.8. The molecule has 0 saturated heterocycles. The van der Waals surface area contributed by atoms with Gasteiger partial charge in [0, 0.05) is 0 Å². The Labute approximate surface area is 104 Å². The summed E-state index contributed by atoms with van der Waals surface area (Å²) in [5, 5.41) is 0.590. The van der Waals surface area contributed by atoms with E-state index >= 15 is 0 Å². The summed E-state index contributed by atoms with van der Waals surface area (Å²) in [5.74, 6) is 1.51. The molecule has 17 heavy (non-hydrogen) atoms. The first-order valence-electron chi connectivity index (χ1n) is 4.93. The van der Waals surface area contributed by atoms with Crippen LogP contribution < -0.4 is 19.6 Å². The van der Waals surface area contributed by atoms with Crippen LogP contribution in [0.25, 0.3) is 9.65 Å². The molecule has 1 heterocycles. The Morgan fingerprint density at radius 3 is 2.35 bits per heavy atom. The molecular weight excluding hydrogens is 287 g/mol. The molecule has 0 saturated carbocycles. The van der Waals surface area contributed by atoms with Gasteiger partial charge >= 0.3 is 104 Å². The van der Waals surface area contributed by atoms with E-state index in [9.17, 15) is 4.79 Å². The summed E-state index contributed by atoms with van der Waals surface area (Å²) in [6.07, 6.45) is 0. The van der Waals surface area contributed by atoms with E-state index in [0.717, 1.165) is 4.26 Å². The van der Waals surface area contributed by atoms with E-state index in [1.807, 2.05) is 11.0 Å². The van der Waals surface area contributed by atoms with Crippen molar-refractivity contribution >= 4 is 24.1 Å². The van der Waals surface area contributed by atoms with Gasteiger partial charge in [0.25, 0.3) is 0 Å². The van der Waals surface area contributed by atoms with Crippen molar-refractivity contribution in [3.63, 3.8) is 0 Å². The maximum absolute atomic E-state index is 11.9. The fourth-order valence-electron chi connectivity index (χ4n) is 1.71. The summed E-state index contributed by atoms with van der Waals surface area (Å²) in [6.45, 7) is 0. The zero-order chi connectivity index (χ0) is 12.4. The monoisotopic (exact) mass is 300 g/mol. The number of hydrogen-bond acceptors (Lipinski definition) is 4. The van der Waals surface area contributed by atoms with E-state index in [2.05, 4.69) is 0 Å². The van der Waals surface area contributed by atoms with Crippen molar-refractivity contribution in [3.05, 3.63) is 27.3 Å². The van der Waals surface area contributed by atoms with Gasteiger partial charge in [-0.25, -0.2) is 0 Å². The molecule has 0 fully saturated rings. The summed E-state index contributed by atoms with van der Waals surface area (Å²) < 4.78 is 16.8. The standard InChI is InChI=1S/C12H12O4Se/c1-14-8-6-9-10(7(13)4-5-17-9)12(16-3)11(8)15-2/h4-6H,1-3H3. The molecule has 1 aromatic heterocycles. The average molecular weight is 299 g/mol. The number of rotatable bonds is 3. The van der Waals surface area contributed by atoms with Gasteiger partial charge in [0.05, 0.1) is 0 Å². The Morgan fingerprint density at radius 2 is 1.76 bits per heavy atom. The quantitative estimate of drug-likeness (QED) is 0.801. The molecule has 0 amide bonds. The van der Waals surface area contributed by atoms with Gasteiger partial charge < -0.3 is 0 Å². The zero-order valence-electron chi connectivity index (χ0n) is 9.77. The van der Waals surface area contributed by atoms with Gasteiger partial charge in [-0.05, 0) is 0 Å². The number of fused-ring (bicyclic) bond motifs is 1. The van der Waals surface area contributed by atoms with E-state index in [1.165, 1.54) is 14.2 Å². The number of methoxy groups -OCH3 is 3. The molecule has 0 spiro atoms. The molecule has 0 aliphatic heterocycles. The van der Waals surface area contributed by atoms with Crippen LogP contribution in [-0.4, -0.2) is 35.8 Å². The summed E-state index contributed by atoms with van der Waals surface area (Å²) >= 11 is 0.121. The van der Waals surface area contributed by atoms with Gasteiger partial charge in [-0.3, -0.25) is 0 Å². The molecule has 90 valence electrons. The van der Waals surface area contributed by atoms with Crippen LogP contribution in [0.2, 0.25) is 0 Å². The Kier molecular flexibility index (Phi) is 3.41. The van der Waals surface area contributed by atoms with Crippen LogP contribution in [0, 0.1) is 0 Å². The number of hydrogen-bond donors (Lipinski definition) is 0. The number of ether oxygens (including phenoxy) is 3. The van der Waals surface area contributed by atoms with Gasteiger partial charge in [-0.1, -0.05) is 0 Å². The SMILES string of the molecule is COc1cc2[se]ccc(=O)c2c(OC)c1OC. The first-order valence-corrected chi connectivity index (χ1v) is 6.78. The van der Waals surface area contributed by atoms with Crippen LogP contribution >= 0.6 is 0 Å². The molecule has 5 heteroatoms. The third-order valence-corrected chi connectivity index (χ3v) is 4.23. The van der Waals surface area contributed by atoms with E-state index in [0.29, 0.717) is 22.6 Å². The maximum atomic E-state index is 11.9. The molecule has 0 unspecified atom stereocenters. The summed E-state index contributed by atoms with van der Waals surface area (Å²) in [5.41, 5.74) is -0.0501. The van der Waals surface area contributed by atoms with Crippen molar-refractivity contribution in [2.75, 3.05) is 21.3 Å². The third kappa shape index (κ3) is 1.92. The molecule has 0 bridgehead atoms. The van der Waals surface area contributed by atoms with Crippen LogP contribution in [-0.2, 0) is 0 Å². The van der Waals surface area contributed by atoms with Crippen molar-refractivity contribution < 1.29 is 14.2 Å². The zero-order valence-corrected chi connectivity index (χ0v) is 11.5. The second-order valence-electron chi connectivity index (χ2n) is 3.30. The molecule has 2 rings (SSSR count).